The highest BCUT2D eigenvalue weighted by Gasteiger charge is 2.41. The minimum Gasteiger partial charge on any atom is -0.330 e. The van der Waals surface area contributed by atoms with Gasteiger partial charge in [0.05, 0.1) is 6.61 Å². The average Bonchev–Trinajstić information content (AvgIpc) is 2.43. The number of allylic oxidation sites excluding steroid dienone is 2. The lowest BCUT2D eigenvalue weighted by Crippen LogP contribution is -2.41. The highest BCUT2D eigenvalue weighted by Crippen LogP contribution is 2.52. The number of rotatable bonds is 8. The van der Waals surface area contributed by atoms with Crippen molar-refractivity contribution in [2.75, 3.05) is 13.2 Å². The first kappa shape index (κ1) is 18.0. The molecule has 1 fully saturated rings. The van der Waals surface area contributed by atoms with E-state index in [0.717, 1.165) is 38.5 Å². The summed E-state index contributed by atoms with van der Waals surface area (Å²) in [6, 6.07) is 0. The Balaban J connectivity index is 2.76. The zero-order chi connectivity index (χ0) is 15.9. The molecule has 0 heterocycles. The predicted octanol–water partition coefficient (Wildman–Crippen LogP) is 3.86. The van der Waals surface area contributed by atoms with E-state index in [2.05, 4.69) is 31.7 Å². The molecule has 2 atom stereocenters. The molecule has 1 rings (SSSR count). The summed E-state index contributed by atoms with van der Waals surface area (Å²) >= 11 is 0. The summed E-state index contributed by atoms with van der Waals surface area (Å²) in [6.07, 6.45) is 9.42. The molecule has 2 unspecified atom stereocenters. The number of nitrogens with two attached hydrogens (primary N) is 1. The van der Waals surface area contributed by atoms with Gasteiger partial charge in [-0.1, -0.05) is 38.8 Å². The molecule has 5 nitrogen and oxygen atoms in total. The van der Waals surface area contributed by atoms with Crippen LogP contribution >= 0.6 is 0 Å². The smallest absolute Gasteiger partial charge is 0.294 e. The Bertz CT molecular complexity index is 384. The quantitative estimate of drug-likeness (QED) is 0.319. The standard InChI is InChI=1S/C16H30N2O3/c1-4-7-14-10-15(3,5-2)12-16(11-14,13-17)8-6-9-21-18(19)20/h7H,4-6,8-13,17H2,1-3H3/b14-7-. The minimum absolute atomic E-state index is 0.0734. The zero-order valence-corrected chi connectivity index (χ0v) is 13.7. The van der Waals surface area contributed by atoms with Gasteiger partial charge in [-0.25, -0.2) is 0 Å². The monoisotopic (exact) mass is 298 g/mol. The normalized spacial score (nSPS) is 31.3. The summed E-state index contributed by atoms with van der Waals surface area (Å²) in [5, 5.41) is 9.52. The van der Waals surface area contributed by atoms with E-state index in [1.54, 1.807) is 0 Å². The van der Waals surface area contributed by atoms with Crippen LogP contribution in [-0.2, 0) is 4.84 Å². The van der Waals surface area contributed by atoms with Crippen LogP contribution in [0.5, 0.6) is 0 Å². The first-order valence-electron chi connectivity index (χ1n) is 8.04. The molecule has 1 aliphatic carbocycles. The molecule has 21 heavy (non-hydrogen) atoms. The third kappa shape index (κ3) is 5.30. The maximum absolute atomic E-state index is 10.2. The molecular formula is C16H30N2O3. The van der Waals surface area contributed by atoms with Gasteiger partial charge < -0.3 is 10.6 Å². The van der Waals surface area contributed by atoms with Crippen LogP contribution in [0.1, 0.15) is 65.7 Å². The maximum atomic E-state index is 10.2. The highest BCUT2D eigenvalue weighted by atomic mass is 16.9. The van der Waals surface area contributed by atoms with Crippen LogP contribution in [0.3, 0.4) is 0 Å². The fourth-order valence-electron chi connectivity index (χ4n) is 3.82. The van der Waals surface area contributed by atoms with Crippen molar-refractivity contribution in [3.8, 4) is 0 Å². The molecule has 0 aromatic rings. The number of nitrogens with zero attached hydrogens (tertiary/aromatic N) is 1. The molecule has 0 aromatic carbocycles. The average molecular weight is 298 g/mol. The van der Waals surface area contributed by atoms with Gasteiger partial charge in [0.25, 0.3) is 5.09 Å². The van der Waals surface area contributed by atoms with E-state index in [1.165, 1.54) is 5.57 Å². The van der Waals surface area contributed by atoms with E-state index in [0.29, 0.717) is 18.4 Å². The fourth-order valence-corrected chi connectivity index (χ4v) is 3.82. The third-order valence-electron chi connectivity index (χ3n) is 4.89. The molecule has 2 N–H and O–H groups in total. The second-order valence-corrected chi connectivity index (χ2v) is 6.83. The molecule has 5 heteroatoms. The van der Waals surface area contributed by atoms with E-state index >= 15 is 0 Å². The molecule has 0 spiro atoms. The lowest BCUT2D eigenvalue weighted by molar-refractivity contribution is -0.757. The van der Waals surface area contributed by atoms with Gasteiger partial charge >= 0.3 is 0 Å². The first-order chi connectivity index (χ1) is 9.88. The maximum Gasteiger partial charge on any atom is 0.294 e. The van der Waals surface area contributed by atoms with Gasteiger partial charge in [0.2, 0.25) is 0 Å². The van der Waals surface area contributed by atoms with E-state index in [9.17, 15) is 10.1 Å². The van der Waals surface area contributed by atoms with Crippen molar-refractivity contribution in [3.63, 3.8) is 0 Å². The molecule has 0 radical (unpaired) electrons. The van der Waals surface area contributed by atoms with Crippen LogP contribution in [-0.4, -0.2) is 18.2 Å². The summed E-state index contributed by atoms with van der Waals surface area (Å²) < 4.78 is 0. The van der Waals surface area contributed by atoms with Crippen molar-refractivity contribution in [1.82, 2.24) is 0 Å². The van der Waals surface area contributed by atoms with Crippen LogP contribution < -0.4 is 5.73 Å². The molecule has 0 amide bonds. The summed E-state index contributed by atoms with van der Waals surface area (Å²) in [5.74, 6) is 0. The van der Waals surface area contributed by atoms with Gasteiger partial charge in [0, 0.05) is 0 Å². The minimum atomic E-state index is -0.714. The summed E-state index contributed by atoms with van der Waals surface area (Å²) in [4.78, 5) is 14.7. The van der Waals surface area contributed by atoms with E-state index < -0.39 is 5.09 Å². The molecule has 1 saturated carbocycles. The molecule has 0 aliphatic heterocycles. The van der Waals surface area contributed by atoms with Crippen molar-refractivity contribution >= 4 is 0 Å². The summed E-state index contributed by atoms with van der Waals surface area (Å²) in [7, 11) is 0. The van der Waals surface area contributed by atoms with Crippen LogP contribution in [0.4, 0.5) is 0 Å². The van der Waals surface area contributed by atoms with E-state index in [1.807, 2.05) is 0 Å². The molecule has 122 valence electrons. The van der Waals surface area contributed by atoms with Gasteiger partial charge in [0.1, 0.15) is 0 Å². The Morgan fingerprint density at radius 1 is 1.43 bits per heavy atom. The largest absolute Gasteiger partial charge is 0.330 e. The Hall–Kier alpha value is -1.10. The van der Waals surface area contributed by atoms with Gasteiger partial charge in [0.15, 0.2) is 0 Å². The second-order valence-electron chi connectivity index (χ2n) is 6.83. The van der Waals surface area contributed by atoms with Gasteiger partial charge in [-0.3, -0.25) is 0 Å². The lowest BCUT2D eigenvalue weighted by atomic mass is 9.58. The molecule has 0 bridgehead atoms. The van der Waals surface area contributed by atoms with Crippen molar-refractivity contribution in [2.45, 2.75) is 65.7 Å². The molecule has 1 aliphatic rings. The third-order valence-corrected chi connectivity index (χ3v) is 4.89. The molecule has 0 saturated heterocycles. The van der Waals surface area contributed by atoms with Crippen LogP contribution in [0.25, 0.3) is 0 Å². The molecular weight excluding hydrogens is 268 g/mol. The molecule has 0 aromatic heterocycles. The number of hydrogen-bond donors (Lipinski definition) is 1. The van der Waals surface area contributed by atoms with Crippen LogP contribution in [0, 0.1) is 20.9 Å². The van der Waals surface area contributed by atoms with Crippen LogP contribution in [0.2, 0.25) is 0 Å². The van der Waals surface area contributed by atoms with Crippen LogP contribution in [0.15, 0.2) is 11.6 Å². The van der Waals surface area contributed by atoms with Gasteiger partial charge in [-0.2, -0.15) is 0 Å². The van der Waals surface area contributed by atoms with Gasteiger partial charge in [-0.05, 0) is 55.9 Å². The SMILES string of the molecule is CC/C=C1/CC(C)(CC)CC(CN)(CCCO[N+](=O)[O-])C1. The van der Waals surface area contributed by atoms with E-state index in [4.69, 9.17) is 5.73 Å². The fraction of sp³-hybridized carbons (Fsp3) is 0.875. The topological polar surface area (TPSA) is 78.4 Å². The van der Waals surface area contributed by atoms with E-state index in [-0.39, 0.29) is 12.0 Å². The Morgan fingerprint density at radius 2 is 2.14 bits per heavy atom. The highest BCUT2D eigenvalue weighted by molar-refractivity contribution is 5.14. The number of hydrogen-bond acceptors (Lipinski definition) is 4. The van der Waals surface area contributed by atoms with Crippen molar-refractivity contribution < 1.29 is 9.92 Å². The van der Waals surface area contributed by atoms with Crippen molar-refractivity contribution in [3.05, 3.63) is 21.8 Å². The lowest BCUT2D eigenvalue weighted by Gasteiger charge is -2.47. The van der Waals surface area contributed by atoms with Gasteiger partial charge in [-0.15, -0.1) is 10.1 Å². The predicted molar refractivity (Wildman–Crippen MR) is 84.3 cm³/mol. The zero-order valence-electron chi connectivity index (χ0n) is 13.7. The Labute approximate surface area is 128 Å². The Kier molecular flexibility index (Phi) is 6.65. The summed E-state index contributed by atoms with van der Waals surface area (Å²) in [6.45, 7) is 7.56. The second kappa shape index (κ2) is 7.78. The van der Waals surface area contributed by atoms with Crippen molar-refractivity contribution in [1.29, 1.82) is 0 Å². The first-order valence-corrected chi connectivity index (χ1v) is 8.04. The van der Waals surface area contributed by atoms with Crippen molar-refractivity contribution in [2.24, 2.45) is 16.6 Å². The summed E-state index contributed by atoms with van der Waals surface area (Å²) in [5.41, 5.74) is 7.99. The Morgan fingerprint density at radius 3 is 2.67 bits per heavy atom.